The van der Waals surface area contributed by atoms with Crippen LogP contribution in [-0.2, 0) is 25.3 Å². The number of ether oxygens (including phenoxy) is 2. The van der Waals surface area contributed by atoms with Crippen molar-refractivity contribution in [2.24, 2.45) is 14.1 Å². The third-order valence-electron chi connectivity index (χ3n) is 4.65. The van der Waals surface area contributed by atoms with Gasteiger partial charge in [0.15, 0.2) is 5.65 Å². The minimum Gasteiger partial charge on any atom is -0.497 e. The number of benzene rings is 1. The Morgan fingerprint density at radius 3 is 2.52 bits per heavy atom. The minimum absolute atomic E-state index is 0.0123. The molecular weight excluding hydrogens is 422 g/mol. The molecule has 0 saturated heterocycles. The molecule has 2 aromatic heterocycles. The van der Waals surface area contributed by atoms with Crippen LogP contribution in [0, 0.1) is 0 Å². The summed E-state index contributed by atoms with van der Waals surface area (Å²) >= 11 is 1.10. The average molecular weight is 446 g/mol. The molecule has 0 aliphatic heterocycles. The van der Waals surface area contributed by atoms with Gasteiger partial charge in [0, 0.05) is 26.6 Å². The molecule has 11 heteroatoms. The zero-order valence-corrected chi connectivity index (χ0v) is 18.7. The SMILES string of the molecule is CCc1nc(SCC(=O)Nc2cc(OC)ccc2OC)c2c(=O)n(C)c(=O)n(C)c2n1. The molecule has 3 aromatic rings. The average Bonchev–Trinajstić information content (AvgIpc) is 2.79. The van der Waals surface area contributed by atoms with Gasteiger partial charge < -0.3 is 14.8 Å². The van der Waals surface area contributed by atoms with Crippen molar-refractivity contribution in [3.63, 3.8) is 0 Å². The molecule has 1 N–H and O–H groups in total. The highest BCUT2D eigenvalue weighted by Crippen LogP contribution is 2.29. The van der Waals surface area contributed by atoms with Gasteiger partial charge in [-0.2, -0.15) is 0 Å². The third kappa shape index (κ3) is 4.41. The highest BCUT2D eigenvalue weighted by molar-refractivity contribution is 8.00. The molecular formula is C20H23N5O5S. The largest absolute Gasteiger partial charge is 0.497 e. The normalized spacial score (nSPS) is 10.9. The molecule has 0 unspecified atom stereocenters. The molecule has 10 nitrogen and oxygen atoms in total. The lowest BCUT2D eigenvalue weighted by molar-refractivity contribution is -0.113. The number of nitrogens with one attached hydrogen (secondary N) is 1. The van der Waals surface area contributed by atoms with Crippen LogP contribution < -0.4 is 26.0 Å². The number of fused-ring (bicyclic) bond motifs is 1. The van der Waals surface area contributed by atoms with Crippen LogP contribution in [0.2, 0.25) is 0 Å². The summed E-state index contributed by atoms with van der Waals surface area (Å²) in [6, 6.07) is 5.07. The Bertz CT molecular complexity index is 1270. The second-order valence-electron chi connectivity index (χ2n) is 6.61. The molecule has 0 bridgehead atoms. The first-order valence-corrected chi connectivity index (χ1v) is 10.4. The van der Waals surface area contributed by atoms with Crippen LogP contribution >= 0.6 is 11.8 Å². The summed E-state index contributed by atoms with van der Waals surface area (Å²) in [4.78, 5) is 46.4. The van der Waals surface area contributed by atoms with Gasteiger partial charge in [-0.3, -0.25) is 18.7 Å². The summed E-state index contributed by atoms with van der Waals surface area (Å²) in [5.41, 5.74) is -0.264. The number of aryl methyl sites for hydroxylation is 2. The zero-order chi connectivity index (χ0) is 22.7. The molecule has 0 atom stereocenters. The van der Waals surface area contributed by atoms with E-state index in [1.165, 1.54) is 25.8 Å². The Labute approximate surface area is 182 Å². The minimum atomic E-state index is -0.502. The molecule has 3 rings (SSSR count). The van der Waals surface area contributed by atoms with E-state index in [0.717, 1.165) is 16.3 Å². The van der Waals surface area contributed by atoms with Gasteiger partial charge in [0.25, 0.3) is 5.56 Å². The second-order valence-corrected chi connectivity index (χ2v) is 7.57. The molecule has 164 valence electrons. The standard InChI is InChI=1S/C20H23N5O5S/c1-6-14-22-17-16(19(27)25(3)20(28)24(17)2)18(23-14)31-10-15(26)21-12-9-11(29-4)7-8-13(12)30-5/h7-9H,6,10H2,1-5H3,(H,21,26). The van der Waals surface area contributed by atoms with Crippen LogP contribution in [0.3, 0.4) is 0 Å². The smallest absolute Gasteiger partial charge is 0.332 e. The fourth-order valence-corrected chi connectivity index (χ4v) is 3.80. The number of hydrogen-bond donors (Lipinski definition) is 1. The summed E-state index contributed by atoms with van der Waals surface area (Å²) in [7, 11) is 5.98. The second kappa shape index (κ2) is 9.21. The van der Waals surface area contributed by atoms with E-state index in [-0.39, 0.29) is 22.7 Å². The van der Waals surface area contributed by atoms with Crippen molar-refractivity contribution in [2.45, 2.75) is 18.4 Å². The van der Waals surface area contributed by atoms with Crippen LogP contribution in [0.25, 0.3) is 11.0 Å². The van der Waals surface area contributed by atoms with E-state index in [9.17, 15) is 14.4 Å². The Morgan fingerprint density at radius 2 is 1.87 bits per heavy atom. The number of thioether (sulfide) groups is 1. The van der Waals surface area contributed by atoms with Crippen LogP contribution in [-0.4, -0.2) is 45.0 Å². The van der Waals surface area contributed by atoms with E-state index in [1.807, 2.05) is 6.92 Å². The van der Waals surface area contributed by atoms with E-state index in [0.29, 0.717) is 34.5 Å². The fourth-order valence-electron chi connectivity index (χ4n) is 2.97. The topological polar surface area (TPSA) is 117 Å². The zero-order valence-electron chi connectivity index (χ0n) is 17.9. The molecule has 1 aromatic carbocycles. The number of amides is 1. The molecule has 2 heterocycles. The molecule has 0 aliphatic carbocycles. The van der Waals surface area contributed by atoms with Crippen LogP contribution in [0.4, 0.5) is 5.69 Å². The van der Waals surface area contributed by atoms with Crippen molar-refractivity contribution in [1.29, 1.82) is 0 Å². The van der Waals surface area contributed by atoms with Gasteiger partial charge in [-0.25, -0.2) is 14.8 Å². The summed E-state index contributed by atoms with van der Waals surface area (Å²) in [6.45, 7) is 1.87. The predicted octanol–water partition coefficient (Wildman–Crippen LogP) is 1.34. The summed E-state index contributed by atoms with van der Waals surface area (Å²) in [5, 5.41) is 3.34. The number of hydrogen-bond acceptors (Lipinski definition) is 8. The Hall–Kier alpha value is -3.34. The highest BCUT2D eigenvalue weighted by atomic mass is 32.2. The van der Waals surface area contributed by atoms with Crippen molar-refractivity contribution in [3.8, 4) is 11.5 Å². The molecule has 31 heavy (non-hydrogen) atoms. The lowest BCUT2D eigenvalue weighted by Crippen LogP contribution is -2.37. The first-order valence-electron chi connectivity index (χ1n) is 9.42. The monoisotopic (exact) mass is 445 g/mol. The maximum Gasteiger partial charge on any atom is 0.332 e. The van der Waals surface area contributed by atoms with Gasteiger partial charge in [-0.1, -0.05) is 18.7 Å². The summed E-state index contributed by atoms with van der Waals surface area (Å²) in [5.74, 6) is 1.21. The summed E-state index contributed by atoms with van der Waals surface area (Å²) < 4.78 is 12.8. The lowest BCUT2D eigenvalue weighted by atomic mass is 10.2. The fraction of sp³-hybridized carbons (Fsp3) is 0.350. The first kappa shape index (κ1) is 22.3. The van der Waals surface area contributed by atoms with Crippen molar-refractivity contribution >= 4 is 34.4 Å². The number of rotatable bonds is 7. The number of methoxy groups -OCH3 is 2. The molecule has 0 fully saturated rings. The molecule has 1 amide bonds. The number of nitrogens with zero attached hydrogens (tertiary/aromatic N) is 4. The van der Waals surface area contributed by atoms with Gasteiger partial charge in [0.05, 0.1) is 25.7 Å². The number of carbonyl (C=O) groups excluding carboxylic acids is 1. The van der Waals surface area contributed by atoms with Crippen molar-refractivity contribution in [2.75, 3.05) is 25.3 Å². The number of carbonyl (C=O) groups is 1. The van der Waals surface area contributed by atoms with E-state index in [1.54, 1.807) is 25.2 Å². The van der Waals surface area contributed by atoms with Crippen LogP contribution in [0.1, 0.15) is 12.7 Å². The quantitative estimate of drug-likeness (QED) is 0.428. The maximum absolute atomic E-state index is 12.7. The van der Waals surface area contributed by atoms with Gasteiger partial charge in [0.1, 0.15) is 27.7 Å². The Balaban J connectivity index is 1.93. The van der Waals surface area contributed by atoms with Crippen molar-refractivity contribution in [1.82, 2.24) is 19.1 Å². The lowest BCUT2D eigenvalue weighted by Gasteiger charge is -2.13. The molecule has 0 spiro atoms. The van der Waals surface area contributed by atoms with Gasteiger partial charge in [-0.15, -0.1) is 0 Å². The Kier molecular flexibility index (Phi) is 6.64. The Morgan fingerprint density at radius 1 is 1.13 bits per heavy atom. The summed E-state index contributed by atoms with van der Waals surface area (Å²) in [6.07, 6.45) is 0.514. The van der Waals surface area contributed by atoms with Crippen LogP contribution in [0.15, 0.2) is 32.8 Å². The molecule has 0 saturated carbocycles. The van der Waals surface area contributed by atoms with E-state index in [4.69, 9.17) is 9.47 Å². The van der Waals surface area contributed by atoms with Crippen molar-refractivity contribution < 1.29 is 14.3 Å². The van der Waals surface area contributed by atoms with Crippen molar-refractivity contribution in [3.05, 3.63) is 44.9 Å². The molecule has 0 aliphatic rings. The molecule has 0 radical (unpaired) electrons. The van der Waals surface area contributed by atoms with Gasteiger partial charge in [-0.05, 0) is 12.1 Å². The van der Waals surface area contributed by atoms with E-state index >= 15 is 0 Å². The predicted molar refractivity (Wildman–Crippen MR) is 118 cm³/mol. The van der Waals surface area contributed by atoms with Gasteiger partial charge >= 0.3 is 5.69 Å². The van der Waals surface area contributed by atoms with E-state index in [2.05, 4.69) is 15.3 Å². The first-order chi connectivity index (χ1) is 14.8. The maximum atomic E-state index is 12.7. The van der Waals surface area contributed by atoms with Crippen LogP contribution in [0.5, 0.6) is 11.5 Å². The number of aromatic nitrogens is 4. The van der Waals surface area contributed by atoms with Gasteiger partial charge in [0.2, 0.25) is 5.91 Å². The number of anilines is 1. The highest BCUT2D eigenvalue weighted by Gasteiger charge is 2.18. The third-order valence-corrected chi connectivity index (χ3v) is 5.63. The van der Waals surface area contributed by atoms with E-state index < -0.39 is 11.2 Å².